The van der Waals surface area contributed by atoms with Gasteiger partial charge in [-0.05, 0) is 29.3 Å². The average molecular weight is 313 g/mol. The minimum absolute atomic E-state index is 0.0694. The molecule has 5 nitrogen and oxygen atoms in total. The zero-order valence-electron chi connectivity index (χ0n) is 12.6. The summed E-state index contributed by atoms with van der Waals surface area (Å²) in [5.74, 6) is -0.527. The van der Waals surface area contributed by atoms with Crippen molar-refractivity contribution in [1.82, 2.24) is 5.32 Å². The fourth-order valence-corrected chi connectivity index (χ4v) is 2.09. The lowest BCUT2D eigenvalue weighted by Gasteiger charge is -2.11. The van der Waals surface area contributed by atoms with Crippen molar-refractivity contribution in [2.45, 2.75) is 13.2 Å². The van der Waals surface area contributed by atoms with Crippen LogP contribution in [0.2, 0.25) is 0 Å². The van der Waals surface area contributed by atoms with E-state index < -0.39 is 11.8 Å². The molecule has 0 saturated heterocycles. The Morgan fingerprint density at radius 3 is 2.70 bits per heavy atom. The first-order valence-corrected chi connectivity index (χ1v) is 6.94. The highest BCUT2D eigenvalue weighted by atomic mass is 19.1. The van der Waals surface area contributed by atoms with Crippen LogP contribution in [-0.4, -0.2) is 13.1 Å². The van der Waals surface area contributed by atoms with Gasteiger partial charge in [0.2, 0.25) is 0 Å². The lowest BCUT2D eigenvalue weighted by Crippen LogP contribution is -2.29. The lowest BCUT2D eigenvalue weighted by atomic mass is 10.1. The standard InChI is InChI=1S/C17H16FN3O2/c1-23-11-13-5-3-2-4-12(13)10-20-17(22)21-16-7-6-15(18)8-14(16)9-19/h2-8H,10-11H2,1H3,(H2,20,21,22). The monoisotopic (exact) mass is 313 g/mol. The highest BCUT2D eigenvalue weighted by molar-refractivity contribution is 5.90. The third-order valence-corrected chi connectivity index (χ3v) is 3.21. The maximum Gasteiger partial charge on any atom is 0.319 e. The Bertz CT molecular complexity index is 741. The Hall–Kier alpha value is -2.91. The fraction of sp³-hybridized carbons (Fsp3) is 0.176. The van der Waals surface area contributed by atoms with Gasteiger partial charge in [-0.1, -0.05) is 24.3 Å². The molecule has 2 aromatic carbocycles. The molecule has 0 fully saturated rings. The number of methoxy groups -OCH3 is 1. The molecule has 6 heteroatoms. The third kappa shape index (κ3) is 4.53. The molecule has 2 rings (SSSR count). The number of nitrogens with zero attached hydrogens (tertiary/aromatic N) is 1. The zero-order valence-corrected chi connectivity index (χ0v) is 12.6. The van der Waals surface area contributed by atoms with Crippen LogP contribution in [0.5, 0.6) is 0 Å². The van der Waals surface area contributed by atoms with Gasteiger partial charge >= 0.3 is 6.03 Å². The maximum absolute atomic E-state index is 13.1. The summed E-state index contributed by atoms with van der Waals surface area (Å²) in [6, 6.07) is 12.6. The summed E-state index contributed by atoms with van der Waals surface area (Å²) in [6.07, 6.45) is 0. The maximum atomic E-state index is 13.1. The number of amides is 2. The molecule has 0 aliphatic rings. The molecular formula is C17H16FN3O2. The molecule has 2 aromatic rings. The number of hydrogen-bond donors (Lipinski definition) is 2. The van der Waals surface area contributed by atoms with Gasteiger partial charge in [0, 0.05) is 13.7 Å². The summed E-state index contributed by atoms with van der Waals surface area (Å²) in [5, 5.41) is 14.2. The SMILES string of the molecule is COCc1ccccc1CNC(=O)Nc1ccc(F)cc1C#N. The van der Waals surface area contributed by atoms with Gasteiger partial charge in [0.25, 0.3) is 0 Å². The molecule has 0 radical (unpaired) electrons. The molecule has 0 aliphatic carbocycles. The van der Waals surface area contributed by atoms with Crippen molar-refractivity contribution >= 4 is 11.7 Å². The van der Waals surface area contributed by atoms with Gasteiger partial charge in [-0.2, -0.15) is 5.26 Å². The number of hydrogen-bond acceptors (Lipinski definition) is 3. The minimum Gasteiger partial charge on any atom is -0.380 e. The van der Waals surface area contributed by atoms with Crippen molar-refractivity contribution in [3.63, 3.8) is 0 Å². The number of nitriles is 1. The van der Waals surface area contributed by atoms with E-state index in [2.05, 4.69) is 10.6 Å². The van der Waals surface area contributed by atoms with Crippen molar-refractivity contribution in [1.29, 1.82) is 5.26 Å². The van der Waals surface area contributed by atoms with Crippen molar-refractivity contribution in [3.8, 4) is 6.07 Å². The van der Waals surface area contributed by atoms with Crippen LogP contribution in [-0.2, 0) is 17.9 Å². The normalized spacial score (nSPS) is 9.96. The van der Waals surface area contributed by atoms with Crippen LogP contribution in [0, 0.1) is 17.1 Å². The molecule has 2 N–H and O–H groups in total. The first-order chi connectivity index (χ1) is 11.1. The fourth-order valence-electron chi connectivity index (χ4n) is 2.09. The largest absolute Gasteiger partial charge is 0.380 e. The lowest BCUT2D eigenvalue weighted by molar-refractivity contribution is 0.184. The summed E-state index contributed by atoms with van der Waals surface area (Å²) >= 11 is 0. The van der Waals surface area contributed by atoms with Crippen LogP contribution in [0.4, 0.5) is 14.9 Å². The molecule has 0 aromatic heterocycles. The van der Waals surface area contributed by atoms with E-state index in [1.807, 2.05) is 30.3 Å². The van der Waals surface area contributed by atoms with E-state index in [1.54, 1.807) is 7.11 Å². The molecule has 0 unspecified atom stereocenters. The van der Waals surface area contributed by atoms with Crippen molar-refractivity contribution in [2.24, 2.45) is 0 Å². The van der Waals surface area contributed by atoms with Gasteiger partial charge in [-0.25, -0.2) is 9.18 Å². The molecule has 0 saturated carbocycles. The van der Waals surface area contributed by atoms with E-state index in [0.717, 1.165) is 17.2 Å². The van der Waals surface area contributed by atoms with E-state index in [9.17, 15) is 9.18 Å². The molecule has 2 amide bonds. The van der Waals surface area contributed by atoms with Crippen LogP contribution in [0.15, 0.2) is 42.5 Å². The number of anilines is 1. The van der Waals surface area contributed by atoms with Gasteiger partial charge in [-0.15, -0.1) is 0 Å². The smallest absolute Gasteiger partial charge is 0.319 e. The highest BCUT2D eigenvalue weighted by Crippen LogP contribution is 2.16. The van der Waals surface area contributed by atoms with Gasteiger partial charge < -0.3 is 15.4 Å². The number of carbonyl (C=O) groups excluding carboxylic acids is 1. The Labute approximate surface area is 133 Å². The summed E-state index contributed by atoms with van der Waals surface area (Å²) < 4.78 is 18.2. The predicted molar refractivity (Wildman–Crippen MR) is 84.1 cm³/mol. The Morgan fingerprint density at radius 2 is 2.00 bits per heavy atom. The first kappa shape index (κ1) is 16.5. The number of urea groups is 1. The summed E-state index contributed by atoms with van der Waals surface area (Å²) in [7, 11) is 1.61. The Balaban J connectivity index is 2.00. The van der Waals surface area contributed by atoms with Gasteiger partial charge in [0.05, 0.1) is 17.9 Å². The zero-order chi connectivity index (χ0) is 16.7. The molecule has 0 heterocycles. The molecular weight excluding hydrogens is 297 g/mol. The Morgan fingerprint density at radius 1 is 1.26 bits per heavy atom. The van der Waals surface area contributed by atoms with E-state index in [0.29, 0.717) is 13.2 Å². The van der Waals surface area contributed by atoms with E-state index in [1.165, 1.54) is 12.1 Å². The number of rotatable bonds is 5. The van der Waals surface area contributed by atoms with Crippen molar-refractivity contribution in [2.75, 3.05) is 12.4 Å². The first-order valence-electron chi connectivity index (χ1n) is 6.94. The second-order valence-corrected chi connectivity index (χ2v) is 4.81. The quantitative estimate of drug-likeness (QED) is 0.890. The van der Waals surface area contributed by atoms with E-state index >= 15 is 0 Å². The summed E-state index contributed by atoms with van der Waals surface area (Å²) in [5.41, 5.74) is 2.25. The molecule has 0 spiro atoms. The van der Waals surface area contributed by atoms with E-state index in [4.69, 9.17) is 10.00 Å². The van der Waals surface area contributed by atoms with Gasteiger partial charge in [-0.3, -0.25) is 0 Å². The number of nitrogens with one attached hydrogen (secondary N) is 2. The van der Waals surface area contributed by atoms with Gasteiger partial charge in [0.15, 0.2) is 0 Å². The van der Waals surface area contributed by atoms with Gasteiger partial charge in [0.1, 0.15) is 11.9 Å². The van der Waals surface area contributed by atoms with Crippen LogP contribution >= 0.6 is 0 Å². The molecule has 0 aliphatic heterocycles. The summed E-state index contributed by atoms with van der Waals surface area (Å²) in [4.78, 5) is 12.0. The van der Waals surface area contributed by atoms with Crippen molar-refractivity contribution < 1.29 is 13.9 Å². The molecule has 0 bridgehead atoms. The number of ether oxygens (including phenoxy) is 1. The topological polar surface area (TPSA) is 74.2 Å². The number of benzene rings is 2. The Kier molecular flexibility index (Phi) is 5.67. The highest BCUT2D eigenvalue weighted by Gasteiger charge is 2.08. The van der Waals surface area contributed by atoms with Crippen molar-refractivity contribution in [3.05, 3.63) is 65.0 Å². The number of halogens is 1. The van der Waals surface area contributed by atoms with Crippen LogP contribution in [0.25, 0.3) is 0 Å². The molecule has 0 atom stereocenters. The van der Waals surface area contributed by atoms with Crippen LogP contribution in [0.3, 0.4) is 0 Å². The van der Waals surface area contributed by atoms with Crippen LogP contribution < -0.4 is 10.6 Å². The number of carbonyl (C=O) groups is 1. The summed E-state index contributed by atoms with van der Waals surface area (Å²) in [6.45, 7) is 0.768. The van der Waals surface area contributed by atoms with E-state index in [-0.39, 0.29) is 11.3 Å². The predicted octanol–water partition coefficient (Wildman–Crippen LogP) is 3.17. The third-order valence-electron chi connectivity index (χ3n) is 3.21. The minimum atomic E-state index is -0.527. The van der Waals surface area contributed by atoms with Crippen LogP contribution in [0.1, 0.15) is 16.7 Å². The average Bonchev–Trinajstić information content (AvgIpc) is 2.56. The molecule has 23 heavy (non-hydrogen) atoms. The second kappa shape index (κ2) is 7.92. The second-order valence-electron chi connectivity index (χ2n) is 4.81. The molecule has 118 valence electrons.